The van der Waals surface area contributed by atoms with Crippen LogP contribution < -0.4 is 0 Å². The fourth-order valence-electron chi connectivity index (χ4n) is 3.39. The van der Waals surface area contributed by atoms with Gasteiger partial charge in [-0.25, -0.2) is 0 Å². The summed E-state index contributed by atoms with van der Waals surface area (Å²) in [6.45, 7) is 5.71. The van der Waals surface area contributed by atoms with Crippen molar-refractivity contribution in [1.29, 1.82) is 0 Å². The van der Waals surface area contributed by atoms with Crippen LogP contribution in [0.2, 0.25) is 0 Å². The number of rotatable bonds is 3. The van der Waals surface area contributed by atoms with Gasteiger partial charge in [0.1, 0.15) is 0 Å². The van der Waals surface area contributed by atoms with Gasteiger partial charge in [-0.3, -0.25) is 9.69 Å². The van der Waals surface area contributed by atoms with Crippen molar-refractivity contribution in [2.75, 3.05) is 32.7 Å². The van der Waals surface area contributed by atoms with E-state index in [4.69, 9.17) is 0 Å². The van der Waals surface area contributed by atoms with E-state index >= 15 is 0 Å². The largest absolute Gasteiger partial charge is 0.392 e. The van der Waals surface area contributed by atoms with Crippen LogP contribution in [0.25, 0.3) is 0 Å². The van der Waals surface area contributed by atoms with Gasteiger partial charge < -0.3 is 10.0 Å². The molecule has 114 valence electrons. The Morgan fingerprint density at radius 2 is 1.90 bits per heavy atom. The highest BCUT2D eigenvalue weighted by Crippen LogP contribution is 2.23. The molecule has 0 bridgehead atoms. The SMILES string of the molecule is C[C@H](O)CN1CCN(C(=O)c2ccc3c(c2)CCC3)CC1. The summed E-state index contributed by atoms with van der Waals surface area (Å²) in [5.41, 5.74) is 3.60. The third kappa shape index (κ3) is 3.27. The zero-order chi connectivity index (χ0) is 14.8. The van der Waals surface area contributed by atoms with Crippen molar-refractivity contribution in [3.05, 3.63) is 34.9 Å². The van der Waals surface area contributed by atoms with Gasteiger partial charge in [-0.05, 0) is 49.4 Å². The molecule has 1 heterocycles. The number of fused-ring (bicyclic) bond motifs is 1. The summed E-state index contributed by atoms with van der Waals surface area (Å²) in [5.74, 6) is 0.154. The Bertz CT molecular complexity index is 520. The summed E-state index contributed by atoms with van der Waals surface area (Å²) in [6.07, 6.45) is 3.18. The van der Waals surface area contributed by atoms with Gasteiger partial charge in [0.15, 0.2) is 0 Å². The highest BCUT2D eigenvalue weighted by atomic mass is 16.3. The van der Waals surface area contributed by atoms with Gasteiger partial charge in [0.05, 0.1) is 6.10 Å². The van der Waals surface area contributed by atoms with Gasteiger partial charge in [-0.1, -0.05) is 6.07 Å². The Morgan fingerprint density at radius 1 is 1.19 bits per heavy atom. The molecule has 1 aromatic rings. The number of piperazine rings is 1. The smallest absolute Gasteiger partial charge is 0.253 e. The molecule has 1 N–H and O–H groups in total. The predicted octanol–water partition coefficient (Wildman–Crippen LogP) is 1.31. The highest BCUT2D eigenvalue weighted by molar-refractivity contribution is 5.94. The Balaban J connectivity index is 1.61. The van der Waals surface area contributed by atoms with Crippen LogP contribution in [-0.4, -0.2) is 59.6 Å². The minimum absolute atomic E-state index is 0.154. The monoisotopic (exact) mass is 288 g/mol. The molecule has 1 amide bonds. The third-order valence-corrected chi connectivity index (χ3v) is 4.53. The van der Waals surface area contributed by atoms with Gasteiger partial charge in [0.25, 0.3) is 5.91 Å². The second kappa shape index (κ2) is 6.16. The maximum absolute atomic E-state index is 12.6. The van der Waals surface area contributed by atoms with E-state index in [9.17, 15) is 9.90 Å². The van der Waals surface area contributed by atoms with E-state index in [1.165, 1.54) is 17.5 Å². The van der Waals surface area contributed by atoms with Gasteiger partial charge in [-0.2, -0.15) is 0 Å². The molecule has 1 aromatic carbocycles. The number of amides is 1. The number of hydrogen-bond acceptors (Lipinski definition) is 3. The first kappa shape index (κ1) is 14.5. The van der Waals surface area contributed by atoms with Crippen LogP contribution in [0, 0.1) is 0 Å². The first-order chi connectivity index (χ1) is 10.1. The topological polar surface area (TPSA) is 43.8 Å². The Kier molecular flexibility index (Phi) is 4.27. The van der Waals surface area contributed by atoms with E-state index in [0.717, 1.165) is 44.6 Å². The van der Waals surface area contributed by atoms with Crippen molar-refractivity contribution < 1.29 is 9.90 Å². The van der Waals surface area contributed by atoms with Crippen molar-refractivity contribution in [1.82, 2.24) is 9.80 Å². The van der Waals surface area contributed by atoms with Crippen LogP contribution in [0.15, 0.2) is 18.2 Å². The summed E-state index contributed by atoms with van der Waals surface area (Å²) in [5, 5.41) is 9.43. The van der Waals surface area contributed by atoms with Crippen LogP contribution in [0.1, 0.15) is 34.8 Å². The molecular formula is C17H24N2O2. The Labute approximate surface area is 126 Å². The fraction of sp³-hybridized carbons (Fsp3) is 0.588. The molecule has 4 nitrogen and oxygen atoms in total. The molecule has 1 atom stereocenters. The Hall–Kier alpha value is -1.39. The molecule has 2 aliphatic rings. The maximum atomic E-state index is 12.6. The standard InChI is InChI=1S/C17H24N2O2/c1-13(20)12-18-7-9-19(10-8-18)17(21)16-6-5-14-3-2-4-15(14)11-16/h5-6,11,13,20H,2-4,7-10,12H2,1H3/t13-/m0/s1. The van der Waals surface area contributed by atoms with E-state index in [2.05, 4.69) is 17.0 Å². The van der Waals surface area contributed by atoms with E-state index < -0.39 is 0 Å². The molecule has 0 aromatic heterocycles. The van der Waals surface area contributed by atoms with Crippen molar-refractivity contribution in [3.8, 4) is 0 Å². The van der Waals surface area contributed by atoms with E-state index in [1.807, 2.05) is 17.9 Å². The van der Waals surface area contributed by atoms with E-state index in [-0.39, 0.29) is 12.0 Å². The summed E-state index contributed by atoms with van der Waals surface area (Å²) < 4.78 is 0. The van der Waals surface area contributed by atoms with Crippen LogP contribution >= 0.6 is 0 Å². The lowest BCUT2D eigenvalue weighted by molar-refractivity contribution is 0.0554. The predicted molar refractivity (Wildman–Crippen MR) is 82.5 cm³/mol. The molecule has 21 heavy (non-hydrogen) atoms. The molecule has 1 saturated heterocycles. The molecule has 3 rings (SSSR count). The minimum Gasteiger partial charge on any atom is -0.392 e. The minimum atomic E-state index is -0.302. The van der Waals surface area contributed by atoms with Crippen LogP contribution in [0.4, 0.5) is 0 Å². The normalized spacial score (nSPS) is 20.4. The van der Waals surface area contributed by atoms with Crippen LogP contribution in [0.3, 0.4) is 0 Å². The molecule has 0 radical (unpaired) electrons. The fourth-order valence-corrected chi connectivity index (χ4v) is 3.39. The highest BCUT2D eigenvalue weighted by Gasteiger charge is 2.23. The maximum Gasteiger partial charge on any atom is 0.253 e. The molecule has 0 unspecified atom stereocenters. The van der Waals surface area contributed by atoms with Crippen LogP contribution in [0.5, 0.6) is 0 Å². The molecule has 1 fully saturated rings. The molecule has 0 saturated carbocycles. The van der Waals surface area contributed by atoms with Gasteiger partial charge in [0.2, 0.25) is 0 Å². The van der Waals surface area contributed by atoms with Gasteiger partial charge in [-0.15, -0.1) is 0 Å². The van der Waals surface area contributed by atoms with Crippen molar-refractivity contribution in [2.24, 2.45) is 0 Å². The van der Waals surface area contributed by atoms with Crippen molar-refractivity contribution >= 4 is 5.91 Å². The number of aliphatic hydroxyl groups is 1. The summed E-state index contributed by atoms with van der Waals surface area (Å²) >= 11 is 0. The number of nitrogens with zero attached hydrogens (tertiary/aromatic N) is 2. The number of aliphatic hydroxyl groups excluding tert-OH is 1. The van der Waals surface area contributed by atoms with E-state index in [0.29, 0.717) is 6.54 Å². The average Bonchev–Trinajstić information content (AvgIpc) is 2.94. The van der Waals surface area contributed by atoms with Crippen LogP contribution in [-0.2, 0) is 12.8 Å². The zero-order valence-electron chi connectivity index (χ0n) is 12.7. The molecule has 1 aliphatic carbocycles. The van der Waals surface area contributed by atoms with E-state index in [1.54, 1.807) is 0 Å². The lowest BCUT2D eigenvalue weighted by Gasteiger charge is -2.35. The second-order valence-corrected chi connectivity index (χ2v) is 6.28. The third-order valence-electron chi connectivity index (χ3n) is 4.53. The van der Waals surface area contributed by atoms with Gasteiger partial charge in [0, 0.05) is 38.3 Å². The lowest BCUT2D eigenvalue weighted by atomic mass is 10.1. The number of β-amino-alcohol motifs (C(OH)–C–C–N with tert-alkyl or cyclic N) is 1. The number of aryl methyl sites for hydroxylation is 2. The molecular weight excluding hydrogens is 264 g/mol. The quantitative estimate of drug-likeness (QED) is 0.912. The lowest BCUT2D eigenvalue weighted by Crippen LogP contribution is -2.50. The zero-order valence-corrected chi connectivity index (χ0v) is 12.7. The van der Waals surface area contributed by atoms with Crippen molar-refractivity contribution in [3.63, 3.8) is 0 Å². The molecule has 4 heteroatoms. The number of carbonyl (C=O) groups is 1. The molecule has 0 spiro atoms. The summed E-state index contributed by atoms with van der Waals surface area (Å²) in [7, 11) is 0. The summed E-state index contributed by atoms with van der Waals surface area (Å²) in [4.78, 5) is 16.7. The summed E-state index contributed by atoms with van der Waals surface area (Å²) in [6, 6.07) is 6.20. The number of hydrogen-bond donors (Lipinski definition) is 1. The first-order valence-electron chi connectivity index (χ1n) is 7.95. The number of carbonyl (C=O) groups excluding carboxylic acids is 1. The van der Waals surface area contributed by atoms with Gasteiger partial charge >= 0.3 is 0 Å². The second-order valence-electron chi connectivity index (χ2n) is 6.28. The average molecular weight is 288 g/mol. The van der Waals surface area contributed by atoms with Crippen molar-refractivity contribution in [2.45, 2.75) is 32.3 Å². The number of benzene rings is 1. The first-order valence-corrected chi connectivity index (χ1v) is 7.95. The Morgan fingerprint density at radius 3 is 2.62 bits per heavy atom. The molecule has 1 aliphatic heterocycles.